The first-order valence-corrected chi connectivity index (χ1v) is 7.58. The standard InChI is InChI=1S/C12H19N3O4S/c1-7-9(11(18)15-12(19)13-7)5-10(17)14-8(6-16)3-4-20-2/h8,16H,3-6H2,1-2H3,(H,14,17)(H2,13,15,18,19)/t8-/m0/s1. The van der Waals surface area contributed by atoms with Gasteiger partial charge in [0.05, 0.1) is 19.1 Å². The minimum atomic E-state index is -0.593. The predicted molar refractivity (Wildman–Crippen MR) is 78.1 cm³/mol. The molecule has 0 saturated heterocycles. The molecule has 0 aliphatic carbocycles. The molecule has 7 nitrogen and oxygen atoms in total. The highest BCUT2D eigenvalue weighted by atomic mass is 32.2. The fourth-order valence-corrected chi connectivity index (χ4v) is 2.27. The van der Waals surface area contributed by atoms with Crippen molar-refractivity contribution in [3.05, 3.63) is 32.1 Å². The van der Waals surface area contributed by atoms with Crippen LogP contribution in [0.1, 0.15) is 17.7 Å². The maximum Gasteiger partial charge on any atom is 0.325 e. The number of aliphatic hydroxyl groups is 1. The van der Waals surface area contributed by atoms with Gasteiger partial charge in [0, 0.05) is 11.3 Å². The van der Waals surface area contributed by atoms with Crippen LogP contribution in [0.5, 0.6) is 0 Å². The van der Waals surface area contributed by atoms with Crippen LogP contribution >= 0.6 is 11.8 Å². The lowest BCUT2D eigenvalue weighted by atomic mass is 10.1. The van der Waals surface area contributed by atoms with Gasteiger partial charge in [-0.05, 0) is 25.4 Å². The van der Waals surface area contributed by atoms with Gasteiger partial charge in [-0.1, -0.05) is 0 Å². The number of aromatic nitrogens is 2. The van der Waals surface area contributed by atoms with Crippen molar-refractivity contribution >= 4 is 17.7 Å². The van der Waals surface area contributed by atoms with E-state index in [1.807, 2.05) is 6.26 Å². The molecule has 0 radical (unpaired) electrons. The molecule has 4 N–H and O–H groups in total. The summed E-state index contributed by atoms with van der Waals surface area (Å²) >= 11 is 1.63. The molecule has 1 atom stereocenters. The number of aliphatic hydroxyl groups excluding tert-OH is 1. The lowest BCUT2D eigenvalue weighted by Gasteiger charge is -2.15. The Morgan fingerprint density at radius 3 is 2.65 bits per heavy atom. The summed E-state index contributed by atoms with van der Waals surface area (Å²) in [5.41, 5.74) is -0.557. The van der Waals surface area contributed by atoms with Crippen LogP contribution < -0.4 is 16.6 Å². The number of aryl methyl sites for hydroxylation is 1. The van der Waals surface area contributed by atoms with Crippen LogP contribution in [0.3, 0.4) is 0 Å². The molecule has 1 aromatic heterocycles. The minimum Gasteiger partial charge on any atom is -0.394 e. The third kappa shape index (κ3) is 4.86. The molecule has 8 heteroatoms. The van der Waals surface area contributed by atoms with Crippen molar-refractivity contribution in [2.24, 2.45) is 0 Å². The highest BCUT2D eigenvalue weighted by Gasteiger charge is 2.15. The van der Waals surface area contributed by atoms with Crippen molar-refractivity contribution in [3.63, 3.8) is 0 Å². The summed E-state index contributed by atoms with van der Waals surface area (Å²) in [5, 5.41) is 11.8. The van der Waals surface area contributed by atoms with Crippen LogP contribution in [0.25, 0.3) is 0 Å². The van der Waals surface area contributed by atoms with E-state index in [2.05, 4.69) is 15.3 Å². The molecule has 1 amide bonds. The molecule has 1 rings (SSSR count). The van der Waals surface area contributed by atoms with E-state index in [4.69, 9.17) is 0 Å². The summed E-state index contributed by atoms with van der Waals surface area (Å²) in [6.07, 6.45) is 2.47. The van der Waals surface area contributed by atoms with Gasteiger partial charge in [0.2, 0.25) is 5.91 Å². The first kappa shape index (κ1) is 16.5. The van der Waals surface area contributed by atoms with Crippen molar-refractivity contribution in [2.45, 2.75) is 25.8 Å². The number of hydrogen-bond donors (Lipinski definition) is 4. The van der Waals surface area contributed by atoms with E-state index in [9.17, 15) is 19.5 Å². The molecule has 0 fully saturated rings. The first-order chi connectivity index (χ1) is 9.47. The normalized spacial score (nSPS) is 12.2. The van der Waals surface area contributed by atoms with Crippen molar-refractivity contribution in [1.82, 2.24) is 15.3 Å². The topological polar surface area (TPSA) is 115 Å². The summed E-state index contributed by atoms with van der Waals surface area (Å²) in [5.74, 6) is 0.467. The van der Waals surface area contributed by atoms with E-state index in [1.54, 1.807) is 18.7 Å². The monoisotopic (exact) mass is 301 g/mol. The van der Waals surface area contributed by atoms with E-state index in [0.29, 0.717) is 12.1 Å². The minimum absolute atomic E-state index is 0.131. The quantitative estimate of drug-likeness (QED) is 0.523. The molecule has 0 bridgehead atoms. The zero-order valence-corrected chi connectivity index (χ0v) is 12.3. The van der Waals surface area contributed by atoms with E-state index in [-0.39, 0.29) is 30.5 Å². The van der Waals surface area contributed by atoms with Crippen LogP contribution in [-0.4, -0.2) is 45.6 Å². The average molecular weight is 301 g/mol. The Morgan fingerprint density at radius 1 is 1.40 bits per heavy atom. The molecular weight excluding hydrogens is 282 g/mol. The molecule has 20 heavy (non-hydrogen) atoms. The second-order valence-corrected chi connectivity index (χ2v) is 5.40. The van der Waals surface area contributed by atoms with E-state index in [0.717, 1.165) is 5.75 Å². The van der Waals surface area contributed by atoms with Gasteiger partial charge in [-0.2, -0.15) is 11.8 Å². The Morgan fingerprint density at radius 2 is 2.10 bits per heavy atom. The van der Waals surface area contributed by atoms with Crippen LogP contribution in [0, 0.1) is 6.92 Å². The van der Waals surface area contributed by atoms with Crippen molar-refractivity contribution < 1.29 is 9.90 Å². The lowest BCUT2D eigenvalue weighted by Crippen LogP contribution is -2.40. The van der Waals surface area contributed by atoms with E-state index < -0.39 is 11.2 Å². The zero-order chi connectivity index (χ0) is 15.1. The molecule has 0 aliphatic rings. The zero-order valence-electron chi connectivity index (χ0n) is 11.5. The Balaban J connectivity index is 2.71. The predicted octanol–water partition coefficient (Wildman–Crippen LogP) is -0.856. The van der Waals surface area contributed by atoms with Gasteiger partial charge in [0.25, 0.3) is 5.56 Å². The number of rotatable bonds is 7. The summed E-state index contributed by atoms with van der Waals surface area (Å²) in [4.78, 5) is 39.1. The molecule has 1 heterocycles. The van der Waals surface area contributed by atoms with E-state index in [1.165, 1.54) is 0 Å². The Hall–Kier alpha value is -1.54. The Labute approximate surface area is 120 Å². The van der Waals surface area contributed by atoms with Crippen molar-refractivity contribution in [2.75, 3.05) is 18.6 Å². The molecule has 0 aromatic carbocycles. The molecule has 0 aliphatic heterocycles. The van der Waals surface area contributed by atoms with Gasteiger partial charge in [-0.15, -0.1) is 0 Å². The molecule has 0 unspecified atom stereocenters. The SMILES string of the molecule is CSCC[C@@H](CO)NC(=O)Cc1c(C)[nH]c(=O)[nH]c1=O. The largest absolute Gasteiger partial charge is 0.394 e. The molecule has 0 saturated carbocycles. The maximum atomic E-state index is 11.9. The summed E-state index contributed by atoms with van der Waals surface area (Å²) in [6, 6.07) is -0.322. The van der Waals surface area contributed by atoms with Gasteiger partial charge in [-0.25, -0.2) is 4.79 Å². The summed E-state index contributed by atoms with van der Waals surface area (Å²) in [6.45, 7) is 1.42. The van der Waals surface area contributed by atoms with Crippen LogP contribution in [0.15, 0.2) is 9.59 Å². The molecule has 0 spiro atoms. The third-order valence-electron chi connectivity index (χ3n) is 2.85. The first-order valence-electron chi connectivity index (χ1n) is 6.19. The van der Waals surface area contributed by atoms with E-state index >= 15 is 0 Å². The number of aromatic amines is 2. The second-order valence-electron chi connectivity index (χ2n) is 4.42. The number of amides is 1. The smallest absolute Gasteiger partial charge is 0.325 e. The highest BCUT2D eigenvalue weighted by Crippen LogP contribution is 2.02. The fourth-order valence-electron chi connectivity index (χ4n) is 1.75. The summed E-state index contributed by atoms with van der Waals surface area (Å²) in [7, 11) is 0. The van der Waals surface area contributed by atoms with Gasteiger partial charge in [0.15, 0.2) is 0 Å². The van der Waals surface area contributed by atoms with Gasteiger partial charge in [-0.3, -0.25) is 14.6 Å². The molecular formula is C12H19N3O4S. The van der Waals surface area contributed by atoms with Crippen LogP contribution in [0.2, 0.25) is 0 Å². The van der Waals surface area contributed by atoms with Crippen LogP contribution in [-0.2, 0) is 11.2 Å². The van der Waals surface area contributed by atoms with Gasteiger partial charge in [0.1, 0.15) is 0 Å². The van der Waals surface area contributed by atoms with Crippen molar-refractivity contribution in [3.8, 4) is 0 Å². The fraction of sp³-hybridized carbons (Fsp3) is 0.583. The summed E-state index contributed by atoms with van der Waals surface area (Å²) < 4.78 is 0. The lowest BCUT2D eigenvalue weighted by molar-refractivity contribution is -0.121. The number of H-pyrrole nitrogens is 2. The second kappa shape index (κ2) is 7.91. The average Bonchev–Trinajstić information content (AvgIpc) is 2.38. The maximum absolute atomic E-state index is 11.9. The molecule has 1 aromatic rings. The number of carbonyl (C=O) groups is 1. The highest BCUT2D eigenvalue weighted by molar-refractivity contribution is 7.98. The number of nitrogens with one attached hydrogen (secondary N) is 3. The van der Waals surface area contributed by atoms with Crippen molar-refractivity contribution in [1.29, 1.82) is 0 Å². The number of thioether (sulfide) groups is 1. The van der Waals surface area contributed by atoms with Crippen LogP contribution in [0.4, 0.5) is 0 Å². The Kier molecular flexibility index (Phi) is 6.53. The number of carbonyl (C=O) groups excluding carboxylic acids is 1. The Bertz CT molecular complexity index is 567. The molecule has 112 valence electrons. The third-order valence-corrected chi connectivity index (χ3v) is 3.49. The van der Waals surface area contributed by atoms with Gasteiger partial charge < -0.3 is 15.4 Å². The van der Waals surface area contributed by atoms with Gasteiger partial charge >= 0.3 is 5.69 Å². The number of hydrogen-bond acceptors (Lipinski definition) is 5.